The third-order valence-electron chi connectivity index (χ3n) is 2.30. The number of rotatable bonds is 4. The maximum atomic E-state index is 4.32. The van der Waals surface area contributed by atoms with Crippen molar-refractivity contribution in [3.05, 3.63) is 66.5 Å². The maximum Gasteiger partial charge on any atom is 0.0475 e. The molecule has 0 fully saturated rings. The Kier molecular flexibility index (Phi) is 4.55. The summed E-state index contributed by atoms with van der Waals surface area (Å²) in [7, 11) is 0. The molecule has 0 bridgehead atoms. The number of aromatic nitrogens is 1. The summed E-state index contributed by atoms with van der Waals surface area (Å²) in [6.07, 6.45) is 9.83. The highest BCUT2D eigenvalue weighted by atomic mass is 14.7. The minimum Gasteiger partial charge on any atom is -0.261 e. The molecule has 0 aliphatic rings. The standard InChI is InChI=1S/C14H17N/c1-4-5-6-9-12(2)13(3)14-10-7-8-11-15-14/h4-11,13H,2H2,1,3H3/b5-4-,9-6-. The first-order chi connectivity index (χ1) is 7.25. The van der Waals surface area contributed by atoms with Gasteiger partial charge in [-0.1, -0.05) is 43.9 Å². The van der Waals surface area contributed by atoms with Gasteiger partial charge in [-0.15, -0.1) is 0 Å². The topological polar surface area (TPSA) is 12.9 Å². The summed E-state index contributed by atoms with van der Waals surface area (Å²) in [5.74, 6) is 0.271. The molecule has 0 amide bonds. The van der Waals surface area contributed by atoms with E-state index in [2.05, 4.69) is 18.5 Å². The van der Waals surface area contributed by atoms with Gasteiger partial charge in [0.1, 0.15) is 0 Å². The summed E-state index contributed by atoms with van der Waals surface area (Å²) < 4.78 is 0. The summed E-state index contributed by atoms with van der Waals surface area (Å²) in [6, 6.07) is 5.95. The van der Waals surface area contributed by atoms with Crippen molar-refractivity contribution in [2.45, 2.75) is 19.8 Å². The maximum absolute atomic E-state index is 4.32. The van der Waals surface area contributed by atoms with Crippen molar-refractivity contribution in [3.63, 3.8) is 0 Å². The van der Waals surface area contributed by atoms with Crippen LogP contribution in [0.25, 0.3) is 0 Å². The Balaban J connectivity index is 2.69. The Morgan fingerprint density at radius 3 is 2.80 bits per heavy atom. The normalized spacial score (nSPS) is 13.5. The van der Waals surface area contributed by atoms with Crippen LogP contribution in [0.15, 0.2) is 60.9 Å². The number of pyridine rings is 1. The highest BCUT2D eigenvalue weighted by Crippen LogP contribution is 2.20. The van der Waals surface area contributed by atoms with E-state index in [4.69, 9.17) is 0 Å². The molecule has 15 heavy (non-hydrogen) atoms. The number of allylic oxidation sites excluding steroid dienone is 5. The summed E-state index contributed by atoms with van der Waals surface area (Å²) >= 11 is 0. The van der Waals surface area contributed by atoms with E-state index in [1.807, 2.05) is 55.6 Å². The molecule has 1 aromatic rings. The average molecular weight is 199 g/mol. The largest absolute Gasteiger partial charge is 0.261 e. The van der Waals surface area contributed by atoms with Crippen LogP contribution in [0.3, 0.4) is 0 Å². The monoisotopic (exact) mass is 199 g/mol. The van der Waals surface area contributed by atoms with Gasteiger partial charge in [-0.3, -0.25) is 4.98 Å². The molecule has 1 heterocycles. The molecule has 1 atom stereocenters. The molecule has 0 aromatic carbocycles. The van der Waals surface area contributed by atoms with E-state index in [1.165, 1.54) is 0 Å². The van der Waals surface area contributed by atoms with Gasteiger partial charge in [0.05, 0.1) is 0 Å². The average Bonchev–Trinajstić information content (AvgIpc) is 2.29. The third kappa shape index (κ3) is 3.55. The van der Waals surface area contributed by atoms with Crippen molar-refractivity contribution < 1.29 is 0 Å². The summed E-state index contributed by atoms with van der Waals surface area (Å²) in [5, 5.41) is 0. The van der Waals surface area contributed by atoms with Crippen molar-refractivity contribution in [3.8, 4) is 0 Å². The molecular weight excluding hydrogens is 182 g/mol. The third-order valence-corrected chi connectivity index (χ3v) is 2.30. The first kappa shape index (κ1) is 11.4. The minimum atomic E-state index is 0.271. The lowest BCUT2D eigenvalue weighted by Crippen LogP contribution is -1.97. The lowest BCUT2D eigenvalue weighted by molar-refractivity contribution is 0.874. The SMILES string of the molecule is C=C(/C=C\C=C/C)C(C)c1ccccn1. The molecule has 0 spiro atoms. The molecule has 1 heteroatoms. The first-order valence-electron chi connectivity index (χ1n) is 5.14. The molecule has 0 saturated heterocycles. The van der Waals surface area contributed by atoms with Gasteiger partial charge in [-0.05, 0) is 24.6 Å². The van der Waals surface area contributed by atoms with E-state index in [1.54, 1.807) is 0 Å². The minimum absolute atomic E-state index is 0.271. The smallest absolute Gasteiger partial charge is 0.0475 e. The van der Waals surface area contributed by atoms with Crippen molar-refractivity contribution in [1.82, 2.24) is 4.98 Å². The van der Waals surface area contributed by atoms with Crippen molar-refractivity contribution in [2.24, 2.45) is 0 Å². The highest BCUT2D eigenvalue weighted by Gasteiger charge is 2.06. The Hall–Kier alpha value is -1.63. The molecule has 1 unspecified atom stereocenters. The van der Waals surface area contributed by atoms with Crippen LogP contribution in [-0.2, 0) is 0 Å². The van der Waals surface area contributed by atoms with Crippen LogP contribution in [0.4, 0.5) is 0 Å². The lowest BCUT2D eigenvalue weighted by Gasteiger charge is -2.10. The summed E-state index contributed by atoms with van der Waals surface area (Å²) in [6.45, 7) is 8.15. The van der Waals surface area contributed by atoms with Crippen LogP contribution in [0.5, 0.6) is 0 Å². The van der Waals surface area contributed by atoms with Gasteiger partial charge >= 0.3 is 0 Å². The Labute approximate surface area is 91.9 Å². The molecule has 78 valence electrons. The number of nitrogens with zero attached hydrogens (tertiary/aromatic N) is 1. The van der Waals surface area contributed by atoms with E-state index in [9.17, 15) is 0 Å². The van der Waals surface area contributed by atoms with Crippen LogP contribution in [0, 0.1) is 0 Å². The van der Waals surface area contributed by atoms with Gasteiger partial charge in [-0.2, -0.15) is 0 Å². The highest BCUT2D eigenvalue weighted by molar-refractivity contribution is 5.29. The van der Waals surface area contributed by atoms with Crippen LogP contribution in [0.1, 0.15) is 25.5 Å². The van der Waals surface area contributed by atoms with E-state index in [0.717, 1.165) is 11.3 Å². The second-order valence-corrected chi connectivity index (χ2v) is 3.44. The van der Waals surface area contributed by atoms with Gasteiger partial charge in [0.15, 0.2) is 0 Å². The zero-order valence-electron chi connectivity index (χ0n) is 9.35. The van der Waals surface area contributed by atoms with E-state index in [0.29, 0.717) is 0 Å². The van der Waals surface area contributed by atoms with Crippen molar-refractivity contribution in [2.75, 3.05) is 0 Å². The molecule has 0 aliphatic carbocycles. The fourth-order valence-electron chi connectivity index (χ4n) is 1.26. The molecule has 0 aliphatic heterocycles. The van der Waals surface area contributed by atoms with Crippen molar-refractivity contribution >= 4 is 0 Å². The number of hydrogen-bond donors (Lipinski definition) is 0. The summed E-state index contributed by atoms with van der Waals surface area (Å²) in [4.78, 5) is 4.32. The molecule has 1 rings (SSSR count). The predicted molar refractivity (Wildman–Crippen MR) is 65.7 cm³/mol. The Morgan fingerprint density at radius 2 is 2.20 bits per heavy atom. The Bertz CT molecular complexity index is 360. The van der Waals surface area contributed by atoms with Gasteiger partial charge in [0, 0.05) is 17.8 Å². The molecule has 0 radical (unpaired) electrons. The molecule has 0 N–H and O–H groups in total. The Morgan fingerprint density at radius 1 is 1.40 bits per heavy atom. The zero-order chi connectivity index (χ0) is 11.1. The fourth-order valence-corrected chi connectivity index (χ4v) is 1.26. The number of hydrogen-bond acceptors (Lipinski definition) is 1. The van der Waals surface area contributed by atoms with Crippen LogP contribution in [-0.4, -0.2) is 4.98 Å². The molecule has 1 nitrogen and oxygen atoms in total. The van der Waals surface area contributed by atoms with Gasteiger partial charge in [-0.25, -0.2) is 0 Å². The lowest BCUT2D eigenvalue weighted by atomic mass is 9.98. The van der Waals surface area contributed by atoms with Crippen LogP contribution in [0.2, 0.25) is 0 Å². The van der Waals surface area contributed by atoms with Crippen LogP contribution < -0.4 is 0 Å². The molecule has 0 saturated carbocycles. The molecule has 1 aromatic heterocycles. The first-order valence-corrected chi connectivity index (χ1v) is 5.14. The van der Waals surface area contributed by atoms with Crippen molar-refractivity contribution in [1.29, 1.82) is 0 Å². The van der Waals surface area contributed by atoms with E-state index < -0.39 is 0 Å². The molecular formula is C14H17N. The second-order valence-electron chi connectivity index (χ2n) is 3.44. The zero-order valence-corrected chi connectivity index (χ0v) is 9.35. The van der Waals surface area contributed by atoms with E-state index in [-0.39, 0.29) is 5.92 Å². The van der Waals surface area contributed by atoms with E-state index >= 15 is 0 Å². The predicted octanol–water partition coefficient (Wildman–Crippen LogP) is 3.87. The fraction of sp³-hybridized carbons (Fsp3) is 0.214. The van der Waals surface area contributed by atoms with Gasteiger partial charge < -0.3 is 0 Å². The van der Waals surface area contributed by atoms with Gasteiger partial charge in [0.25, 0.3) is 0 Å². The van der Waals surface area contributed by atoms with Gasteiger partial charge in [0.2, 0.25) is 0 Å². The van der Waals surface area contributed by atoms with Crippen LogP contribution >= 0.6 is 0 Å². The quantitative estimate of drug-likeness (QED) is 0.671. The summed E-state index contributed by atoms with van der Waals surface area (Å²) in [5.41, 5.74) is 2.14. The second kappa shape index (κ2) is 5.97.